The maximum atomic E-state index is 11.6. The average Bonchev–Trinajstić information content (AvgIpc) is 2.84. The fourth-order valence-corrected chi connectivity index (χ4v) is 1.36. The summed E-state index contributed by atoms with van der Waals surface area (Å²) in [4.78, 5) is 22.4. The van der Waals surface area contributed by atoms with Crippen LogP contribution in [0.3, 0.4) is 0 Å². The topological polar surface area (TPSA) is 68.5 Å². The predicted octanol–water partition coefficient (Wildman–Crippen LogP) is 2.46. The molecule has 1 aromatic heterocycles. The van der Waals surface area contributed by atoms with Crippen molar-refractivity contribution in [3.8, 4) is 5.75 Å². The molecule has 0 aliphatic rings. The number of hydrogen-bond acceptors (Lipinski definition) is 4. The zero-order chi connectivity index (χ0) is 13.0. The number of hydrogen-bond donors (Lipinski definition) is 1. The average molecular weight is 245 g/mol. The van der Waals surface area contributed by atoms with Gasteiger partial charge < -0.3 is 14.5 Å². The zero-order valence-electron chi connectivity index (χ0n) is 9.67. The Bertz CT molecular complexity index is 543. The number of amides is 1. The van der Waals surface area contributed by atoms with Gasteiger partial charge in [0.2, 0.25) is 5.91 Å². The monoisotopic (exact) mass is 245 g/mol. The van der Waals surface area contributed by atoms with E-state index in [0.29, 0.717) is 17.0 Å². The van der Waals surface area contributed by atoms with E-state index >= 15 is 0 Å². The molecule has 18 heavy (non-hydrogen) atoms. The van der Waals surface area contributed by atoms with E-state index in [9.17, 15) is 9.59 Å². The molecule has 0 saturated carbocycles. The fourth-order valence-electron chi connectivity index (χ4n) is 1.36. The zero-order valence-corrected chi connectivity index (χ0v) is 9.67. The molecular formula is C13H11NO4. The highest BCUT2D eigenvalue weighted by atomic mass is 16.5. The lowest BCUT2D eigenvalue weighted by molar-refractivity contribution is -0.114. The smallest absolute Gasteiger partial charge is 0.346 e. The van der Waals surface area contributed by atoms with E-state index in [1.54, 1.807) is 24.3 Å². The SMILES string of the molecule is CC(=O)Nc1ccc(OC(=O)c2ccoc2)cc1. The van der Waals surface area contributed by atoms with Crippen molar-refractivity contribution in [1.82, 2.24) is 0 Å². The maximum Gasteiger partial charge on any atom is 0.346 e. The number of esters is 1. The van der Waals surface area contributed by atoms with Crippen LogP contribution in [0.4, 0.5) is 5.69 Å². The van der Waals surface area contributed by atoms with Crippen LogP contribution in [-0.2, 0) is 4.79 Å². The largest absolute Gasteiger partial charge is 0.472 e. The van der Waals surface area contributed by atoms with E-state index in [1.165, 1.54) is 25.5 Å². The minimum atomic E-state index is -0.490. The molecular weight excluding hydrogens is 234 g/mol. The van der Waals surface area contributed by atoms with Gasteiger partial charge in [-0.25, -0.2) is 4.79 Å². The van der Waals surface area contributed by atoms with E-state index in [0.717, 1.165) is 0 Å². The van der Waals surface area contributed by atoms with Gasteiger partial charge in [0, 0.05) is 12.6 Å². The second-order valence-electron chi connectivity index (χ2n) is 3.61. The highest BCUT2D eigenvalue weighted by Crippen LogP contribution is 2.17. The number of carbonyl (C=O) groups excluding carboxylic acids is 2. The van der Waals surface area contributed by atoms with Crippen LogP contribution in [0.2, 0.25) is 0 Å². The molecule has 0 aliphatic carbocycles. The second kappa shape index (κ2) is 5.18. The number of nitrogens with one attached hydrogen (secondary N) is 1. The summed E-state index contributed by atoms with van der Waals surface area (Å²) in [6.45, 7) is 1.42. The van der Waals surface area contributed by atoms with Gasteiger partial charge in [0.1, 0.15) is 12.0 Å². The first-order valence-electron chi connectivity index (χ1n) is 5.27. The third kappa shape index (κ3) is 2.98. The molecule has 1 amide bonds. The molecule has 0 aliphatic heterocycles. The van der Waals surface area contributed by atoms with Crippen LogP contribution in [0.15, 0.2) is 47.3 Å². The molecule has 0 spiro atoms. The molecule has 92 valence electrons. The quantitative estimate of drug-likeness (QED) is 0.666. The molecule has 0 bridgehead atoms. The molecule has 0 atom stereocenters. The van der Waals surface area contributed by atoms with Crippen molar-refractivity contribution in [2.75, 3.05) is 5.32 Å². The molecule has 0 unspecified atom stereocenters. The van der Waals surface area contributed by atoms with Gasteiger partial charge in [0.05, 0.1) is 11.8 Å². The molecule has 5 heteroatoms. The second-order valence-corrected chi connectivity index (χ2v) is 3.61. The van der Waals surface area contributed by atoms with Crippen molar-refractivity contribution in [1.29, 1.82) is 0 Å². The van der Waals surface area contributed by atoms with Crippen molar-refractivity contribution < 1.29 is 18.7 Å². The van der Waals surface area contributed by atoms with Gasteiger partial charge in [-0.05, 0) is 30.3 Å². The summed E-state index contributed by atoms with van der Waals surface area (Å²) in [6, 6.07) is 8.03. The third-order valence-electron chi connectivity index (χ3n) is 2.14. The molecule has 5 nitrogen and oxygen atoms in total. The summed E-state index contributed by atoms with van der Waals surface area (Å²) in [5.74, 6) is -0.246. The number of carbonyl (C=O) groups is 2. The van der Waals surface area contributed by atoms with Gasteiger partial charge in [-0.3, -0.25) is 4.79 Å². The molecule has 1 aromatic carbocycles. The lowest BCUT2D eigenvalue weighted by Crippen LogP contribution is -2.08. The third-order valence-corrected chi connectivity index (χ3v) is 2.14. The van der Waals surface area contributed by atoms with E-state index in [4.69, 9.17) is 9.15 Å². The van der Waals surface area contributed by atoms with E-state index in [1.807, 2.05) is 0 Å². The van der Waals surface area contributed by atoms with Crippen molar-refractivity contribution in [2.24, 2.45) is 0 Å². The first-order valence-corrected chi connectivity index (χ1v) is 5.27. The number of benzene rings is 1. The number of anilines is 1. The number of ether oxygens (including phenoxy) is 1. The van der Waals surface area contributed by atoms with Gasteiger partial charge >= 0.3 is 5.97 Å². The van der Waals surface area contributed by atoms with E-state index < -0.39 is 5.97 Å². The molecule has 1 heterocycles. The predicted molar refractivity (Wildman–Crippen MR) is 64.4 cm³/mol. The Morgan fingerprint density at radius 1 is 1.17 bits per heavy atom. The maximum absolute atomic E-state index is 11.6. The Morgan fingerprint density at radius 2 is 1.89 bits per heavy atom. The highest BCUT2D eigenvalue weighted by molar-refractivity contribution is 5.91. The Kier molecular flexibility index (Phi) is 3.43. The molecule has 2 aromatic rings. The lowest BCUT2D eigenvalue weighted by Gasteiger charge is -2.04. The van der Waals surface area contributed by atoms with Crippen LogP contribution < -0.4 is 10.1 Å². The van der Waals surface area contributed by atoms with Gasteiger partial charge in [-0.2, -0.15) is 0 Å². The van der Waals surface area contributed by atoms with Crippen LogP contribution in [-0.4, -0.2) is 11.9 Å². The van der Waals surface area contributed by atoms with Crippen molar-refractivity contribution in [2.45, 2.75) is 6.92 Å². The Hall–Kier alpha value is -2.56. The molecule has 0 fully saturated rings. The first-order chi connectivity index (χ1) is 8.65. The van der Waals surface area contributed by atoms with Gasteiger partial charge in [0.15, 0.2) is 0 Å². The minimum Gasteiger partial charge on any atom is -0.472 e. The summed E-state index contributed by atoms with van der Waals surface area (Å²) in [5.41, 5.74) is 0.992. The van der Waals surface area contributed by atoms with Crippen LogP contribution >= 0.6 is 0 Å². The fraction of sp³-hybridized carbons (Fsp3) is 0.0769. The highest BCUT2D eigenvalue weighted by Gasteiger charge is 2.09. The summed E-state index contributed by atoms with van der Waals surface area (Å²) >= 11 is 0. The molecule has 0 saturated heterocycles. The Balaban J connectivity index is 2.02. The van der Waals surface area contributed by atoms with Crippen LogP contribution in [0.1, 0.15) is 17.3 Å². The first kappa shape index (κ1) is 11.9. The van der Waals surface area contributed by atoms with Gasteiger partial charge in [-0.1, -0.05) is 0 Å². The van der Waals surface area contributed by atoms with Gasteiger partial charge in [-0.15, -0.1) is 0 Å². The normalized spacial score (nSPS) is 9.83. The standard InChI is InChI=1S/C13H11NO4/c1-9(15)14-11-2-4-12(5-3-11)18-13(16)10-6-7-17-8-10/h2-8H,1H3,(H,14,15). The number of rotatable bonds is 3. The molecule has 0 radical (unpaired) electrons. The summed E-state index contributed by atoms with van der Waals surface area (Å²) < 4.78 is 9.89. The Labute approximate surface area is 103 Å². The van der Waals surface area contributed by atoms with Crippen molar-refractivity contribution >= 4 is 17.6 Å². The van der Waals surface area contributed by atoms with E-state index in [2.05, 4.69) is 5.32 Å². The van der Waals surface area contributed by atoms with E-state index in [-0.39, 0.29) is 5.91 Å². The van der Waals surface area contributed by atoms with Crippen molar-refractivity contribution in [3.05, 3.63) is 48.4 Å². The number of furan rings is 1. The van der Waals surface area contributed by atoms with Gasteiger partial charge in [0.25, 0.3) is 0 Å². The van der Waals surface area contributed by atoms with Crippen LogP contribution in [0.5, 0.6) is 5.75 Å². The van der Waals surface area contributed by atoms with Crippen molar-refractivity contribution in [3.63, 3.8) is 0 Å². The molecule has 1 N–H and O–H groups in total. The molecule has 2 rings (SSSR count). The van der Waals surface area contributed by atoms with Crippen LogP contribution in [0.25, 0.3) is 0 Å². The summed E-state index contributed by atoms with van der Waals surface area (Å²) in [5, 5.41) is 2.62. The summed E-state index contributed by atoms with van der Waals surface area (Å²) in [6.07, 6.45) is 2.71. The Morgan fingerprint density at radius 3 is 2.44 bits per heavy atom. The minimum absolute atomic E-state index is 0.154. The van der Waals surface area contributed by atoms with Crippen LogP contribution in [0, 0.1) is 0 Å². The lowest BCUT2D eigenvalue weighted by atomic mass is 10.3. The summed E-state index contributed by atoms with van der Waals surface area (Å²) in [7, 11) is 0.